The average Bonchev–Trinajstić information content (AvgIpc) is 2.56. The molecule has 0 saturated heterocycles. The predicted molar refractivity (Wildman–Crippen MR) is 82.2 cm³/mol. The van der Waals surface area contributed by atoms with Crippen LogP contribution < -0.4 is 16.6 Å². The zero-order valence-electron chi connectivity index (χ0n) is 13.3. The second-order valence-corrected chi connectivity index (χ2v) is 5.76. The highest BCUT2D eigenvalue weighted by molar-refractivity contribution is 5.76. The molecule has 0 unspecified atom stereocenters. The Morgan fingerprint density at radius 3 is 2.62 bits per heavy atom. The maximum atomic E-state index is 13.2. The van der Waals surface area contributed by atoms with Crippen LogP contribution in [0.2, 0.25) is 0 Å². The van der Waals surface area contributed by atoms with Crippen LogP contribution in [0, 0.1) is 17.7 Å². The largest absolute Gasteiger partial charge is 0.466 e. The van der Waals surface area contributed by atoms with Gasteiger partial charge in [0.2, 0.25) is 5.82 Å². The highest BCUT2D eigenvalue weighted by Crippen LogP contribution is 2.29. The zero-order valence-corrected chi connectivity index (χ0v) is 13.3. The average molecular weight is 341 g/mol. The van der Waals surface area contributed by atoms with E-state index in [2.05, 4.69) is 5.32 Å². The first-order valence-corrected chi connectivity index (χ1v) is 7.88. The molecule has 1 aromatic rings. The molecule has 9 heteroatoms. The zero-order chi connectivity index (χ0) is 17.7. The van der Waals surface area contributed by atoms with E-state index in [-0.39, 0.29) is 17.8 Å². The van der Waals surface area contributed by atoms with Crippen molar-refractivity contribution in [2.45, 2.75) is 32.6 Å². The summed E-state index contributed by atoms with van der Waals surface area (Å²) in [5.74, 6) is -1.33. The van der Waals surface area contributed by atoms with Gasteiger partial charge in [-0.05, 0) is 38.5 Å². The summed E-state index contributed by atoms with van der Waals surface area (Å²) in [5, 5.41) is 2.54. The molecular weight excluding hydrogens is 321 g/mol. The molecule has 0 bridgehead atoms. The van der Waals surface area contributed by atoms with Gasteiger partial charge in [0, 0.05) is 6.54 Å². The maximum absolute atomic E-state index is 13.2. The molecule has 8 nitrogen and oxygen atoms in total. The Bertz CT molecular complexity index is 719. The van der Waals surface area contributed by atoms with Gasteiger partial charge in [0.25, 0.3) is 5.56 Å². The molecule has 2 N–H and O–H groups in total. The van der Waals surface area contributed by atoms with Crippen molar-refractivity contribution in [2.24, 2.45) is 11.8 Å². The van der Waals surface area contributed by atoms with Crippen LogP contribution in [0.4, 0.5) is 9.18 Å². The van der Waals surface area contributed by atoms with E-state index in [9.17, 15) is 23.6 Å². The fourth-order valence-electron chi connectivity index (χ4n) is 2.78. The molecule has 0 spiro atoms. The number of nitrogens with zero attached hydrogens (tertiary/aromatic N) is 1. The number of esters is 1. The van der Waals surface area contributed by atoms with Crippen LogP contribution in [-0.4, -0.2) is 34.7 Å². The Hall–Kier alpha value is -2.45. The van der Waals surface area contributed by atoms with E-state index < -0.39 is 23.1 Å². The summed E-state index contributed by atoms with van der Waals surface area (Å²) >= 11 is 0. The summed E-state index contributed by atoms with van der Waals surface area (Å²) in [5.41, 5.74) is -2.16. The van der Waals surface area contributed by atoms with Gasteiger partial charge in [0.1, 0.15) is 0 Å². The normalized spacial score (nSPS) is 20.4. The van der Waals surface area contributed by atoms with Crippen molar-refractivity contribution in [2.75, 3.05) is 13.2 Å². The van der Waals surface area contributed by atoms with Crippen molar-refractivity contribution in [1.82, 2.24) is 14.9 Å². The first-order chi connectivity index (χ1) is 11.4. The highest BCUT2D eigenvalue weighted by atomic mass is 19.1. The van der Waals surface area contributed by atoms with E-state index in [1.54, 1.807) is 11.9 Å². The fraction of sp³-hybridized carbons (Fsp3) is 0.600. The second-order valence-electron chi connectivity index (χ2n) is 5.76. The van der Waals surface area contributed by atoms with Gasteiger partial charge in [-0.25, -0.2) is 14.2 Å². The quantitative estimate of drug-likeness (QED) is 0.779. The third-order valence-corrected chi connectivity index (χ3v) is 4.13. The second kappa shape index (κ2) is 7.89. The third kappa shape index (κ3) is 4.30. The molecule has 132 valence electrons. The van der Waals surface area contributed by atoms with E-state index in [0.717, 1.165) is 12.8 Å². The molecule has 2 rings (SSSR count). The number of ether oxygens (including phenoxy) is 1. The topological polar surface area (TPSA) is 110 Å². The van der Waals surface area contributed by atoms with E-state index in [1.165, 1.54) is 0 Å². The molecule has 0 atom stereocenters. The Balaban J connectivity index is 1.86. The summed E-state index contributed by atoms with van der Waals surface area (Å²) < 4.78 is 18.7. The van der Waals surface area contributed by atoms with Crippen LogP contribution in [0.5, 0.6) is 0 Å². The lowest BCUT2D eigenvalue weighted by Crippen LogP contribution is -2.42. The lowest BCUT2D eigenvalue weighted by atomic mass is 9.82. The number of rotatable bonds is 4. The molecule has 1 amide bonds. The van der Waals surface area contributed by atoms with Crippen molar-refractivity contribution in [3.63, 3.8) is 0 Å². The molecule has 1 aliphatic rings. The molecule has 1 aromatic heterocycles. The van der Waals surface area contributed by atoms with Crippen LogP contribution >= 0.6 is 0 Å². The number of H-pyrrole nitrogens is 1. The number of amides is 1. The van der Waals surface area contributed by atoms with Gasteiger partial charge < -0.3 is 10.1 Å². The monoisotopic (exact) mass is 341 g/mol. The molecule has 24 heavy (non-hydrogen) atoms. The number of nitrogens with one attached hydrogen (secondary N) is 2. The number of halogens is 1. The van der Waals surface area contributed by atoms with Gasteiger partial charge in [-0.15, -0.1) is 0 Å². The molecule has 1 saturated carbocycles. The number of hydrogen-bond donors (Lipinski definition) is 2. The van der Waals surface area contributed by atoms with Gasteiger partial charge in [-0.3, -0.25) is 14.6 Å². The molecule has 0 aliphatic heterocycles. The maximum Gasteiger partial charge on any atom is 0.336 e. The molecule has 0 radical (unpaired) electrons. The van der Waals surface area contributed by atoms with Crippen molar-refractivity contribution >= 4 is 12.0 Å². The van der Waals surface area contributed by atoms with E-state index in [4.69, 9.17) is 4.74 Å². The van der Waals surface area contributed by atoms with Crippen LogP contribution in [0.1, 0.15) is 32.6 Å². The van der Waals surface area contributed by atoms with Crippen LogP contribution in [-0.2, 0) is 9.53 Å². The Kier molecular flexibility index (Phi) is 5.88. The Morgan fingerprint density at radius 1 is 1.33 bits per heavy atom. The number of aromatic nitrogens is 2. The third-order valence-electron chi connectivity index (χ3n) is 4.13. The Morgan fingerprint density at radius 2 is 2.00 bits per heavy atom. The lowest BCUT2D eigenvalue weighted by Gasteiger charge is -2.27. The Labute approximate surface area is 137 Å². The van der Waals surface area contributed by atoms with Crippen molar-refractivity contribution in [1.29, 1.82) is 0 Å². The number of aromatic amines is 1. The number of carbonyl (C=O) groups excluding carboxylic acids is 2. The van der Waals surface area contributed by atoms with Crippen molar-refractivity contribution < 1.29 is 18.7 Å². The number of carbonyl (C=O) groups is 2. The first-order valence-electron chi connectivity index (χ1n) is 7.88. The van der Waals surface area contributed by atoms with Crippen molar-refractivity contribution in [3.05, 3.63) is 32.9 Å². The van der Waals surface area contributed by atoms with Crippen LogP contribution in [0.15, 0.2) is 15.8 Å². The summed E-state index contributed by atoms with van der Waals surface area (Å²) in [4.78, 5) is 47.7. The molecule has 1 heterocycles. The lowest BCUT2D eigenvalue weighted by molar-refractivity contribution is -0.149. The van der Waals surface area contributed by atoms with E-state index >= 15 is 0 Å². The minimum Gasteiger partial charge on any atom is -0.466 e. The first kappa shape index (κ1) is 17.9. The minimum absolute atomic E-state index is 0.104. The fourth-order valence-corrected chi connectivity index (χ4v) is 2.78. The molecule has 1 aliphatic carbocycles. The number of hydrogen-bond acceptors (Lipinski definition) is 5. The molecule has 1 fully saturated rings. The van der Waals surface area contributed by atoms with Gasteiger partial charge in [0.15, 0.2) is 0 Å². The van der Waals surface area contributed by atoms with Crippen LogP contribution in [0.25, 0.3) is 0 Å². The van der Waals surface area contributed by atoms with E-state index in [1.807, 2.05) is 0 Å². The van der Waals surface area contributed by atoms with Crippen LogP contribution in [0.3, 0.4) is 0 Å². The highest BCUT2D eigenvalue weighted by Gasteiger charge is 2.27. The SMILES string of the molecule is CCOC(=O)C1CCC(CNC(=O)n2cc(F)c(=O)[nH]c2=O)CC1. The molecular formula is C15H20FN3O5. The summed E-state index contributed by atoms with van der Waals surface area (Å²) in [7, 11) is 0. The van der Waals surface area contributed by atoms with Gasteiger partial charge in [-0.1, -0.05) is 0 Å². The predicted octanol–water partition coefficient (Wildman–Crippen LogP) is 0.603. The summed E-state index contributed by atoms with van der Waals surface area (Å²) in [6.07, 6.45) is 3.44. The smallest absolute Gasteiger partial charge is 0.336 e. The molecule has 0 aromatic carbocycles. The summed E-state index contributed by atoms with van der Waals surface area (Å²) in [6, 6.07) is -0.803. The summed E-state index contributed by atoms with van der Waals surface area (Å²) in [6.45, 7) is 2.43. The van der Waals surface area contributed by atoms with Gasteiger partial charge in [0.05, 0.1) is 18.7 Å². The minimum atomic E-state index is -1.21. The van der Waals surface area contributed by atoms with Gasteiger partial charge >= 0.3 is 17.7 Å². The van der Waals surface area contributed by atoms with Crippen molar-refractivity contribution in [3.8, 4) is 0 Å². The van der Waals surface area contributed by atoms with E-state index in [0.29, 0.717) is 36.8 Å². The standard InChI is InChI=1S/C15H20FN3O5/c1-2-24-13(21)10-5-3-9(4-6-10)7-17-14(22)19-8-11(16)12(20)18-15(19)23/h8-10H,2-7H2,1H3,(H,17,22)(H,18,20,23). The van der Waals surface area contributed by atoms with Gasteiger partial charge in [-0.2, -0.15) is 4.39 Å².